The summed E-state index contributed by atoms with van der Waals surface area (Å²) in [5.74, 6) is 0.319. The fourth-order valence-electron chi connectivity index (χ4n) is 5.25. The molecule has 0 N–H and O–H groups in total. The van der Waals surface area contributed by atoms with E-state index in [9.17, 15) is 13.2 Å². The number of carbonyl (C=O) groups excluding carboxylic acids is 1. The second kappa shape index (κ2) is 7.84. The van der Waals surface area contributed by atoms with Crippen LogP contribution >= 0.6 is 0 Å². The first kappa shape index (κ1) is 22.4. The molecule has 7 heteroatoms. The molecule has 5 rings (SSSR count). The summed E-state index contributed by atoms with van der Waals surface area (Å²) in [6, 6.07) is 13.8. The summed E-state index contributed by atoms with van der Waals surface area (Å²) in [4.78, 5) is 17.3. The van der Waals surface area contributed by atoms with Crippen molar-refractivity contribution in [3.8, 4) is 0 Å². The van der Waals surface area contributed by atoms with Crippen LogP contribution in [0.15, 0.2) is 47.4 Å². The zero-order valence-corrected chi connectivity index (χ0v) is 20.7. The smallest absolute Gasteiger partial charge is 0.243 e. The van der Waals surface area contributed by atoms with E-state index in [0.29, 0.717) is 31.1 Å². The number of fused-ring (bicyclic) bond motifs is 1. The Hall–Kier alpha value is -2.38. The second-order valence-electron chi connectivity index (χ2n) is 10.5. The zero-order chi connectivity index (χ0) is 23.5. The predicted molar refractivity (Wildman–Crippen MR) is 131 cm³/mol. The van der Waals surface area contributed by atoms with E-state index in [1.165, 1.54) is 5.56 Å². The Balaban J connectivity index is 1.39. The first-order valence-electron chi connectivity index (χ1n) is 11.9. The molecule has 1 saturated carbocycles. The van der Waals surface area contributed by atoms with Gasteiger partial charge in [0.05, 0.1) is 4.90 Å². The van der Waals surface area contributed by atoms with Crippen molar-refractivity contribution in [1.82, 2.24) is 4.31 Å². The zero-order valence-electron chi connectivity index (χ0n) is 19.9. The van der Waals surface area contributed by atoms with Crippen molar-refractivity contribution in [2.24, 2.45) is 5.92 Å². The van der Waals surface area contributed by atoms with Crippen LogP contribution in [0.1, 0.15) is 44.7 Å². The highest BCUT2D eigenvalue weighted by atomic mass is 32.2. The Labute approximate surface area is 197 Å². The Bertz CT molecular complexity index is 1200. The van der Waals surface area contributed by atoms with E-state index in [2.05, 4.69) is 50.8 Å². The molecule has 33 heavy (non-hydrogen) atoms. The van der Waals surface area contributed by atoms with E-state index in [4.69, 9.17) is 0 Å². The summed E-state index contributed by atoms with van der Waals surface area (Å²) in [5.41, 5.74) is 3.88. The molecule has 6 nitrogen and oxygen atoms in total. The number of rotatable bonds is 4. The number of sulfonamides is 1. The minimum atomic E-state index is -3.62. The van der Waals surface area contributed by atoms with E-state index in [0.717, 1.165) is 29.8 Å². The number of anilines is 2. The van der Waals surface area contributed by atoms with Crippen LogP contribution < -0.4 is 9.80 Å². The summed E-state index contributed by atoms with van der Waals surface area (Å²) in [6.07, 6.45) is 1.93. The van der Waals surface area contributed by atoms with Crippen molar-refractivity contribution >= 4 is 27.3 Å². The molecule has 176 valence electrons. The van der Waals surface area contributed by atoms with Crippen molar-refractivity contribution in [2.75, 3.05) is 36.0 Å². The molecule has 1 atom stereocenters. The van der Waals surface area contributed by atoms with Crippen LogP contribution in [0, 0.1) is 12.8 Å². The third-order valence-corrected chi connectivity index (χ3v) is 9.16. The maximum atomic E-state index is 13.6. The number of carbonyl (C=O) groups is 1. The highest BCUT2D eigenvalue weighted by Crippen LogP contribution is 2.44. The Morgan fingerprint density at radius 1 is 1.06 bits per heavy atom. The van der Waals surface area contributed by atoms with Gasteiger partial charge in [0, 0.05) is 54.9 Å². The lowest BCUT2D eigenvalue weighted by molar-refractivity contribution is -0.119. The molecule has 2 aromatic carbocycles. The molecule has 2 aliphatic heterocycles. The van der Waals surface area contributed by atoms with Gasteiger partial charge in [-0.1, -0.05) is 26.0 Å². The number of piperazine rings is 1. The molecular weight excluding hydrogens is 434 g/mol. The van der Waals surface area contributed by atoms with E-state index < -0.39 is 10.0 Å². The van der Waals surface area contributed by atoms with Crippen LogP contribution in [-0.4, -0.2) is 50.9 Å². The highest BCUT2D eigenvalue weighted by molar-refractivity contribution is 7.89. The van der Waals surface area contributed by atoms with Crippen LogP contribution in [0.4, 0.5) is 11.4 Å². The molecule has 1 aliphatic carbocycles. The lowest BCUT2D eigenvalue weighted by Crippen LogP contribution is -2.53. The monoisotopic (exact) mass is 467 g/mol. The second-order valence-corrected chi connectivity index (χ2v) is 12.4. The van der Waals surface area contributed by atoms with Crippen molar-refractivity contribution in [2.45, 2.75) is 56.9 Å². The molecule has 0 aromatic heterocycles. The maximum absolute atomic E-state index is 13.6. The third kappa shape index (κ3) is 3.95. The average molecular weight is 468 g/mol. The van der Waals surface area contributed by atoms with Gasteiger partial charge in [0.2, 0.25) is 15.9 Å². The lowest BCUT2D eigenvalue weighted by Gasteiger charge is -2.40. The number of benzene rings is 2. The molecule has 1 amide bonds. The van der Waals surface area contributed by atoms with Gasteiger partial charge in [-0.3, -0.25) is 4.79 Å². The van der Waals surface area contributed by atoms with E-state index in [1.54, 1.807) is 10.4 Å². The largest absolute Gasteiger partial charge is 0.366 e. The summed E-state index contributed by atoms with van der Waals surface area (Å²) in [5, 5.41) is 0. The first-order chi connectivity index (χ1) is 15.6. The Morgan fingerprint density at radius 2 is 1.82 bits per heavy atom. The van der Waals surface area contributed by atoms with Crippen molar-refractivity contribution < 1.29 is 13.2 Å². The fraction of sp³-hybridized carbons (Fsp3) is 0.500. The molecule has 0 spiro atoms. The lowest BCUT2D eigenvalue weighted by atomic mass is 9.87. The summed E-state index contributed by atoms with van der Waals surface area (Å²) in [7, 11) is -3.62. The van der Waals surface area contributed by atoms with Gasteiger partial charge in [-0.05, 0) is 68.1 Å². The van der Waals surface area contributed by atoms with Crippen molar-refractivity contribution in [3.63, 3.8) is 0 Å². The van der Waals surface area contributed by atoms with E-state index >= 15 is 0 Å². The normalized spacial score (nSPS) is 23.0. The van der Waals surface area contributed by atoms with E-state index in [1.807, 2.05) is 23.1 Å². The maximum Gasteiger partial charge on any atom is 0.243 e. The molecule has 2 fully saturated rings. The van der Waals surface area contributed by atoms with Crippen LogP contribution in [0.25, 0.3) is 0 Å². The third-order valence-electron chi connectivity index (χ3n) is 7.30. The van der Waals surface area contributed by atoms with Gasteiger partial charge >= 0.3 is 0 Å². The molecule has 0 bridgehead atoms. The van der Waals surface area contributed by atoms with E-state index in [-0.39, 0.29) is 23.3 Å². The van der Waals surface area contributed by atoms with Crippen LogP contribution in [-0.2, 0) is 20.2 Å². The van der Waals surface area contributed by atoms with Crippen LogP contribution in [0.5, 0.6) is 0 Å². The predicted octanol–water partition coefficient (Wildman–Crippen LogP) is 3.93. The minimum absolute atomic E-state index is 0.0767. The number of nitrogens with zero attached hydrogens (tertiary/aromatic N) is 3. The Kier molecular flexibility index (Phi) is 5.33. The average Bonchev–Trinajstić information content (AvgIpc) is 3.58. The number of aryl methyl sites for hydroxylation is 1. The highest BCUT2D eigenvalue weighted by Gasteiger charge is 2.43. The fourth-order valence-corrected chi connectivity index (χ4v) is 6.79. The molecule has 1 saturated heterocycles. The molecule has 2 aromatic rings. The molecule has 1 unspecified atom stereocenters. The van der Waals surface area contributed by atoms with Gasteiger partial charge in [-0.25, -0.2) is 8.42 Å². The minimum Gasteiger partial charge on any atom is -0.366 e. The van der Waals surface area contributed by atoms with Gasteiger partial charge in [-0.2, -0.15) is 4.31 Å². The molecule has 0 radical (unpaired) electrons. The summed E-state index contributed by atoms with van der Waals surface area (Å²) in [6.45, 7) is 10.5. The topological polar surface area (TPSA) is 60.9 Å². The van der Waals surface area contributed by atoms with Gasteiger partial charge in [0.15, 0.2) is 0 Å². The summed E-state index contributed by atoms with van der Waals surface area (Å²) < 4.78 is 28.8. The van der Waals surface area contributed by atoms with Gasteiger partial charge in [0.1, 0.15) is 0 Å². The van der Waals surface area contributed by atoms with Crippen molar-refractivity contribution in [1.29, 1.82) is 0 Å². The first-order valence-corrected chi connectivity index (χ1v) is 13.3. The molecule has 3 aliphatic rings. The number of hydrogen-bond acceptors (Lipinski definition) is 4. The Morgan fingerprint density at radius 3 is 2.48 bits per heavy atom. The number of amides is 1. The van der Waals surface area contributed by atoms with Gasteiger partial charge in [-0.15, -0.1) is 0 Å². The SMILES string of the molecule is Cc1cccc(N2CCN(S(=O)(=O)c3ccc4c(c3)C(C)(C)CN4C(=O)C3CC3)CC2C)c1. The molecule has 2 heterocycles. The summed E-state index contributed by atoms with van der Waals surface area (Å²) >= 11 is 0. The van der Waals surface area contributed by atoms with Crippen LogP contribution in [0.2, 0.25) is 0 Å². The van der Waals surface area contributed by atoms with Gasteiger partial charge < -0.3 is 9.80 Å². The standard InChI is InChI=1S/C26H33N3O3S/c1-18-6-5-7-21(14-18)28-13-12-27(16-19(28)2)33(31,32)22-10-11-24-23(15-22)26(3,4)17-29(24)25(30)20-8-9-20/h5-7,10-11,14-15,19-20H,8-9,12-13,16-17H2,1-4H3. The quantitative estimate of drug-likeness (QED) is 0.684. The van der Waals surface area contributed by atoms with Crippen LogP contribution in [0.3, 0.4) is 0 Å². The molecular formula is C26H33N3O3S. The van der Waals surface area contributed by atoms with Crippen molar-refractivity contribution in [3.05, 3.63) is 53.6 Å². The van der Waals surface area contributed by atoms with Gasteiger partial charge in [0.25, 0.3) is 0 Å². The number of hydrogen-bond donors (Lipinski definition) is 0.